The Bertz CT molecular complexity index is 509. The minimum Gasteiger partial charge on any atom is -0.316 e. The lowest BCUT2D eigenvalue weighted by Gasteiger charge is -2.24. The van der Waals surface area contributed by atoms with Crippen molar-refractivity contribution in [1.82, 2.24) is 14.5 Å². The van der Waals surface area contributed by atoms with Gasteiger partial charge < -0.3 is 4.57 Å². The molecule has 0 unspecified atom stereocenters. The topological polar surface area (TPSA) is 30.7 Å². The molecule has 1 saturated carbocycles. The Balaban J connectivity index is 2.19. The first-order chi connectivity index (χ1) is 7.25. The summed E-state index contributed by atoms with van der Waals surface area (Å²) in [7, 11) is 2.08. The van der Waals surface area contributed by atoms with Crippen molar-refractivity contribution >= 4 is 11.2 Å². The lowest BCUT2D eigenvalue weighted by molar-refractivity contribution is 0.394. The second kappa shape index (κ2) is 3.05. The van der Waals surface area contributed by atoms with E-state index in [-0.39, 0.29) is 0 Å². The Morgan fingerprint density at radius 2 is 2.07 bits per heavy atom. The minimum atomic E-state index is 0.671. The van der Waals surface area contributed by atoms with E-state index in [1.165, 1.54) is 25.1 Å². The van der Waals surface area contributed by atoms with Gasteiger partial charge in [-0.05, 0) is 31.9 Å². The van der Waals surface area contributed by atoms with Gasteiger partial charge in [0, 0.05) is 18.7 Å². The Labute approximate surface area is 89.2 Å². The number of aromatic nitrogens is 3. The number of rotatable bonds is 1. The molecule has 1 fully saturated rings. The van der Waals surface area contributed by atoms with Crippen LogP contribution in [0, 0.1) is 6.92 Å². The van der Waals surface area contributed by atoms with Crippen LogP contribution in [0.5, 0.6) is 0 Å². The summed E-state index contributed by atoms with van der Waals surface area (Å²) < 4.78 is 2.16. The third kappa shape index (κ3) is 1.26. The standard InChI is InChI=1S/C12H15N3/c1-8-6-7-10-12(13-8)15(2)11(14-10)9-4-3-5-9/h6-7,9H,3-5H2,1-2H3. The zero-order chi connectivity index (χ0) is 10.4. The zero-order valence-electron chi connectivity index (χ0n) is 9.20. The molecule has 1 aliphatic rings. The number of aryl methyl sites for hydroxylation is 2. The SMILES string of the molecule is Cc1ccc2nc(C3CCC3)n(C)c2n1. The average molecular weight is 201 g/mol. The molecule has 0 bridgehead atoms. The molecule has 78 valence electrons. The fraction of sp³-hybridized carbons (Fsp3) is 0.500. The number of nitrogens with zero attached hydrogens (tertiary/aromatic N) is 3. The fourth-order valence-electron chi connectivity index (χ4n) is 2.21. The highest BCUT2D eigenvalue weighted by molar-refractivity contribution is 5.71. The third-order valence-electron chi connectivity index (χ3n) is 3.36. The molecule has 0 N–H and O–H groups in total. The summed E-state index contributed by atoms with van der Waals surface area (Å²) >= 11 is 0. The second-order valence-electron chi connectivity index (χ2n) is 4.45. The van der Waals surface area contributed by atoms with Crippen LogP contribution < -0.4 is 0 Å². The van der Waals surface area contributed by atoms with Gasteiger partial charge in [-0.3, -0.25) is 0 Å². The Morgan fingerprint density at radius 3 is 2.73 bits per heavy atom. The number of pyridine rings is 1. The summed E-state index contributed by atoms with van der Waals surface area (Å²) in [5.74, 6) is 1.89. The molecule has 2 aromatic rings. The van der Waals surface area contributed by atoms with Gasteiger partial charge in [0.05, 0.1) is 0 Å². The predicted octanol–water partition coefficient (Wildman–Crippen LogP) is 2.54. The van der Waals surface area contributed by atoms with Crippen LogP contribution in [0.1, 0.15) is 36.7 Å². The number of hydrogen-bond donors (Lipinski definition) is 0. The summed E-state index contributed by atoms with van der Waals surface area (Å²) in [6, 6.07) is 4.10. The second-order valence-corrected chi connectivity index (χ2v) is 4.45. The average Bonchev–Trinajstić information content (AvgIpc) is 2.43. The van der Waals surface area contributed by atoms with Crippen LogP contribution in [-0.2, 0) is 7.05 Å². The quantitative estimate of drug-likeness (QED) is 0.710. The van der Waals surface area contributed by atoms with Crippen LogP contribution in [0.4, 0.5) is 0 Å². The van der Waals surface area contributed by atoms with E-state index in [2.05, 4.69) is 27.6 Å². The summed E-state index contributed by atoms with van der Waals surface area (Å²) in [5.41, 5.74) is 3.12. The predicted molar refractivity (Wildman–Crippen MR) is 59.8 cm³/mol. The molecular formula is C12H15N3. The Morgan fingerprint density at radius 1 is 1.27 bits per heavy atom. The minimum absolute atomic E-state index is 0.671. The molecule has 2 heterocycles. The van der Waals surface area contributed by atoms with Crippen molar-refractivity contribution in [2.75, 3.05) is 0 Å². The van der Waals surface area contributed by atoms with E-state index in [9.17, 15) is 0 Å². The molecule has 1 aliphatic carbocycles. The molecule has 0 aromatic carbocycles. The summed E-state index contributed by atoms with van der Waals surface area (Å²) in [4.78, 5) is 9.21. The lowest BCUT2D eigenvalue weighted by atomic mass is 9.85. The van der Waals surface area contributed by atoms with E-state index in [1.807, 2.05) is 13.0 Å². The highest BCUT2D eigenvalue weighted by Crippen LogP contribution is 2.36. The first-order valence-electron chi connectivity index (χ1n) is 5.55. The third-order valence-corrected chi connectivity index (χ3v) is 3.36. The van der Waals surface area contributed by atoms with Gasteiger partial charge in [-0.1, -0.05) is 6.42 Å². The highest BCUT2D eigenvalue weighted by Gasteiger charge is 2.24. The summed E-state index contributed by atoms with van der Waals surface area (Å²) in [6.45, 7) is 2.02. The maximum Gasteiger partial charge on any atom is 0.159 e. The lowest BCUT2D eigenvalue weighted by Crippen LogP contribution is -2.13. The molecule has 2 aromatic heterocycles. The van der Waals surface area contributed by atoms with Gasteiger partial charge in [0.25, 0.3) is 0 Å². The summed E-state index contributed by atoms with van der Waals surface area (Å²) in [5, 5.41) is 0. The van der Waals surface area contributed by atoms with Gasteiger partial charge >= 0.3 is 0 Å². The first-order valence-corrected chi connectivity index (χ1v) is 5.55. The van der Waals surface area contributed by atoms with Crippen LogP contribution in [0.2, 0.25) is 0 Å². The van der Waals surface area contributed by atoms with Crippen LogP contribution in [0.25, 0.3) is 11.2 Å². The zero-order valence-corrected chi connectivity index (χ0v) is 9.20. The van der Waals surface area contributed by atoms with Gasteiger partial charge in [0.2, 0.25) is 0 Å². The van der Waals surface area contributed by atoms with Crippen molar-refractivity contribution < 1.29 is 0 Å². The first kappa shape index (κ1) is 8.89. The highest BCUT2D eigenvalue weighted by atomic mass is 15.1. The molecule has 3 heteroatoms. The van der Waals surface area contributed by atoms with Crippen LogP contribution in [0.3, 0.4) is 0 Å². The molecule has 0 amide bonds. The number of fused-ring (bicyclic) bond motifs is 1. The normalized spacial score (nSPS) is 16.9. The Hall–Kier alpha value is -1.38. The van der Waals surface area contributed by atoms with Crippen LogP contribution >= 0.6 is 0 Å². The van der Waals surface area contributed by atoms with E-state index < -0.39 is 0 Å². The van der Waals surface area contributed by atoms with Crippen molar-refractivity contribution in [3.63, 3.8) is 0 Å². The van der Waals surface area contributed by atoms with Crippen molar-refractivity contribution in [2.24, 2.45) is 7.05 Å². The van der Waals surface area contributed by atoms with Gasteiger partial charge in [-0.15, -0.1) is 0 Å². The van der Waals surface area contributed by atoms with Crippen molar-refractivity contribution in [2.45, 2.75) is 32.1 Å². The largest absolute Gasteiger partial charge is 0.316 e. The van der Waals surface area contributed by atoms with Crippen molar-refractivity contribution in [3.05, 3.63) is 23.7 Å². The fourth-order valence-corrected chi connectivity index (χ4v) is 2.21. The number of hydrogen-bond acceptors (Lipinski definition) is 2. The Kier molecular flexibility index (Phi) is 1.81. The molecule has 15 heavy (non-hydrogen) atoms. The maximum absolute atomic E-state index is 4.68. The van der Waals surface area contributed by atoms with Crippen LogP contribution in [-0.4, -0.2) is 14.5 Å². The van der Waals surface area contributed by atoms with Crippen molar-refractivity contribution in [3.8, 4) is 0 Å². The van der Waals surface area contributed by atoms with Gasteiger partial charge in [-0.2, -0.15) is 0 Å². The number of imidazole rings is 1. The molecule has 3 nitrogen and oxygen atoms in total. The van der Waals surface area contributed by atoms with Crippen molar-refractivity contribution in [1.29, 1.82) is 0 Å². The van der Waals surface area contributed by atoms with E-state index in [0.29, 0.717) is 5.92 Å². The molecule has 3 rings (SSSR count). The molecule has 0 radical (unpaired) electrons. The van der Waals surface area contributed by atoms with E-state index in [1.54, 1.807) is 0 Å². The van der Waals surface area contributed by atoms with E-state index in [4.69, 9.17) is 0 Å². The maximum atomic E-state index is 4.68. The smallest absolute Gasteiger partial charge is 0.159 e. The summed E-state index contributed by atoms with van der Waals surface area (Å²) in [6.07, 6.45) is 3.92. The van der Waals surface area contributed by atoms with E-state index >= 15 is 0 Å². The molecular weight excluding hydrogens is 186 g/mol. The molecule has 0 aliphatic heterocycles. The molecule has 0 spiro atoms. The monoisotopic (exact) mass is 201 g/mol. The molecule has 0 atom stereocenters. The van der Waals surface area contributed by atoms with Crippen LogP contribution in [0.15, 0.2) is 12.1 Å². The molecule has 0 saturated heterocycles. The van der Waals surface area contributed by atoms with Gasteiger partial charge in [0.15, 0.2) is 5.65 Å². The van der Waals surface area contributed by atoms with E-state index in [0.717, 1.165) is 16.9 Å². The van der Waals surface area contributed by atoms with Gasteiger partial charge in [-0.25, -0.2) is 9.97 Å². The van der Waals surface area contributed by atoms with Gasteiger partial charge in [0.1, 0.15) is 11.3 Å².